The molecule has 0 unspecified atom stereocenters. The zero-order valence-corrected chi connectivity index (χ0v) is 7.78. The second-order valence-corrected chi connectivity index (χ2v) is 2.67. The molecule has 1 aromatic carbocycles. The summed E-state index contributed by atoms with van der Waals surface area (Å²) in [7, 11) is 1.45. The number of nitrogens with one attached hydrogen (secondary N) is 1. The number of anilines is 1. The van der Waals surface area contributed by atoms with E-state index in [1.54, 1.807) is 24.3 Å². The quantitative estimate of drug-likeness (QED) is 0.777. The van der Waals surface area contributed by atoms with Gasteiger partial charge in [0.05, 0.1) is 11.6 Å². The Morgan fingerprint density at radius 1 is 1.64 bits per heavy atom. The van der Waals surface area contributed by atoms with Crippen molar-refractivity contribution in [3.8, 4) is 6.07 Å². The molecule has 0 aliphatic heterocycles. The zero-order valence-electron chi connectivity index (χ0n) is 7.78. The fraction of sp³-hybridized carbons (Fsp3) is 0.200. The van der Waals surface area contributed by atoms with Crippen molar-refractivity contribution < 1.29 is 9.53 Å². The molecule has 0 aromatic heterocycles. The summed E-state index contributed by atoms with van der Waals surface area (Å²) >= 11 is 0. The summed E-state index contributed by atoms with van der Waals surface area (Å²) in [5, 5.41) is 11.2. The van der Waals surface area contributed by atoms with E-state index >= 15 is 0 Å². The van der Waals surface area contributed by atoms with Gasteiger partial charge in [-0.3, -0.25) is 4.79 Å². The minimum atomic E-state index is -0.234. The maximum Gasteiger partial charge on any atom is 0.250 e. The molecule has 4 heteroatoms. The highest BCUT2D eigenvalue weighted by Crippen LogP contribution is 2.09. The molecule has 0 bridgehead atoms. The van der Waals surface area contributed by atoms with Gasteiger partial charge in [0.15, 0.2) is 0 Å². The highest BCUT2D eigenvalue weighted by molar-refractivity contribution is 5.91. The third kappa shape index (κ3) is 2.88. The van der Waals surface area contributed by atoms with Gasteiger partial charge in [-0.05, 0) is 18.2 Å². The Balaban J connectivity index is 2.68. The molecule has 0 atom stereocenters. The lowest BCUT2D eigenvalue weighted by atomic mass is 10.2. The summed E-state index contributed by atoms with van der Waals surface area (Å²) in [4.78, 5) is 11.1. The number of rotatable bonds is 3. The Kier molecular flexibility index (Phi) is 3.65. The van der Waals surface area contributed by atoms with Crippen LogP contribution < -0.4 is 5.32 Å². The van der Waals surface area contributed by atoms with Crippen molar-refractivity contribution in [1.82, 2.24) is 0 Å². The first kappa shape index (κ1) is 10.2. The van der Waals surface area contributed by atoms with Gasteiger partial charge in [-0.1, -0.05) is 6.07 Å². The number of hydrogen-bond donors (Lipinski definition) is 1. The minimum absolute atomic E-state index is 0.0107. The molecule has 1 aromatic rings. The van der Waals surface area contributed by atoms with Crippen molar-refractivity contribution in [3.63, 3.8) is 0 Å². The van der Waals surface area contributed by atoms with Crippen LogP contribution in [0.5, 0.6) is 0 Å². The van der Waals surface area contributed by atoms with Crippen LogP contribution in [0.2, 0.25) is 0 Å². The average Bonchev–Trinajstić information content (AvgIpc) is 2.18. The highest BCUT2D eigenvalue weighted by atomic mass is 16.5. The van der Waals surface area contributed by atoms with Crippen LogP contribution in [0.15, 0.2) is 24.3 Å². The molecular formula is C10H10N2O2. The van der Waals surface area contributed by atoms with Gasteiger partial charge in [0, 0.05) is 12.8 Å². The van der Waals surface area contributed by atoms with E-state index in [4.69, 9.17) is 5.26 Å². The number of hydrogen-bond acceptors (Lipinski definition) is 3. The molecule has 1 N–H and O–H groups in total. The van der Waals surface area contributed by atoms with Crippen LogP contribution in [-0.4, -0.2) is 19.6 Å². The van der Waals surface area contributed by atoms with Crippen molar-refractivity contribution in [2.24, 2.45) is 0 Å². The zero-order chi connectivity index (χ0) is 10.4. The molecule has 0 heterocycles. The summed E-state index contributed by atoms with van der Waals surface area (Å²) in [6, 6.07) is 8.69. The van der Waals surface area contributed by atoms with Crippen molar-refractivity contribution in [2.45, 2.75) is 0 Å². The van der Waals surface area contributed by atoms with Gasteiger partial charge in [-0.15, -0.1) is 0 Å². The molecule has 1 amide bonds. The lowest BCUT2D eigenvalue weighted by Gasteiger charge is -2.03. The van der Waals surface area contributed by atoms with E-state index in [-0.39, 0.29) is 12.5 Å². The van der Waals surface area contributed by atoms with Gasteiger partial charge >= 0.3 is 0 Å². The lowest BCUT2D eigenvalue weighted by Crippen LogP contribution is -2.16. The van der Waals surface area contributed by atoms with Gasteiger partial charge in [0.2, 0.25) is 5.91 Å². The maximum atomic E-state index is 11.1. The van der Waals surface area contributed by atoms with E-state index in [0.29, 0.717) is 11.3 Å². The Bertz CT molecular complexity index is 369. The monoisotopic (exact) mass is 190 g/mol. The average molecular weight is 190 g/mol. The first-order valence-electron chi connectivity index (χ1n) is 4.05. The summed E-state index contributed by atoms with van der Waals surface area (Å²) in [5.41, 5.74) is 1.12. The summed E-state index contributed by atoms with van der Waals surface area (Å²) in [5.74, 6) is -0.234. The number of carbonyl (C=O) groups is 1. The number of carbonyl (C=O) groups excluding carboxylic acids is 1. The molecule has 0 radical (unpaired) electrons. The van der Waals surface area contributed by atoms with Crippen molar-refractivity contribution in [2.75, 3.05) is 19.0 Å². The van der Waals surface area contributed by atoms with Gasteiger partial charge in [0.1, 0.15) is 6.61 Å². The van der Waals surface area contributed by atoms with E-state index in [0.717, 1.165) is 0 Å². The fourth-order valence-corrected chi connectivity index (χ4v) is 0.995. The third-order valence-electron chi connectivity index (χ3n) is 1.55. The van der Waals surface area contributed by atoms with Crippen LogP contribution >= 0.6 is 0 Å². The van der Waals surface area contributed by atoms with Crippen molar-refractivity contribution >= 4 is 11.6 Å². The molecule has 0 fully saturated rings. The Hall–Kier alpha value is -1.86. The van der Waals surface area contributed by atoms with Gasteiger partial charge in [-0.2, -0.15) is 5.26 Å². The molecule has 0 aliphatic carbocycles. The topological polar surface area (TPSA) is 62.1 Å². The van der Waals surface area contributed by atoms with Crippen LogP contribution in [0.4, 0.5) is 5.69 Å². The predicted octanol–water partition coefficient (Wildman–Crippen LogP) is 1.14. The summed E-state index contributed by atoms with van der Waals surface area (Å²) < 4.78 is 4.66. The number of amides is 1. The fourth-order valence-electron chi connectivity index (χ4n) is 0.995. The number of benzene rings is 1. The molecule has 0 spiro atoms. The third-order valence-corrected chi connectivity index (χ3v) is 1.55. The van der Waals surface area contributed by atoms with E-state index in [1.165, 1.54) is 7.11 Å². The van der Waals surface area contributed by atoms with E-state index < -0.39 is 0 Å². The second kappa shape index (κ2) is 5.00. The maximum absolute atomic E-state index is 11.1. The minimum Gasteiger partial charge on any atom is -0.375 e. The van der Waals surface area contributed by atoms with Crippen LogP contribution in [-0.2, 0) is 9.53 Å². The van der Waals surface area contributed by atoms with Gasteiger partial charge in [0.25, 0.3) is 0 Å². The molecule has 0 saturated carbocycles. The molecule has 0 aliphatic rings. The molecule has 14 heavy (non-hydrogen) atoms. The molecule has 72 valence electrons. The first-order valence-corrected chi connectivity index (χ1v) is 4.05. The Morgan fingerprint density at radius 3 is 3.07 bits per heavy atom. The van der Waals surface area contributed by atoms with E-state index in [1.807, 2.05) is 6.07 Å². The molecule has 0 saturated heterocycles. The molecular weight excluding hydrogens is 180 g/mol. The standard InChI is InChI=1S/C10H10N2O2/c1-14-7-10(13)12-9-4-2-3-8(5-9)6-11/h2-5H,7H2,1H3,(H,12,13). The van der Waals surface area contributed by atoms with Crippen LogP contribution in [0.3, 0.4) is 0 Å². The lowest BCUT2D eigenvalue weighted by molar-refractivity contribution is -0.119. The SMILES string of the molecule is COCC(=O)Nc1cccc(C#N)c1. The normalized spacial score (nSPS) is 9.14. The van der Waals surface area contributed by atoms with E-state index in [2.05, 4.69) is 10.1 Å². The van der Waals surface area contributed by atoms with Crippen molar-refractivity contribution in [1.29, 1.82) is 5.26 Å². The van der Waals surface area contributed by atoms with Crippen molar-refractivity contribution in [3.05, 3.63) is 29.8 Å². The Labute approximate surface area is 82.1 Å². The van der Waals surface area contributed by atoms with Crippen LogP contribution in [0, 0.1) is 11.3 Å². The molecule has 4 nitrogen and oxygen atoms in total. The number of ether oxygens (including phenoxy) is 1. The first-order chi connectivity index (χ1) is 6.76. The smallest absolute Gasteiger partial charge is 0.250 e. The summed E-state index contributed by atoms with van der Waals surface area (Å²) in [6.45, 7) is 0.0107. The highest BCUT2D eigenvalue weighted by Gasteiger charge is 2.01. The number of methoxy groups -OCH3 is 1. The van der Waals surface area contributed by atoms with Crippen LogP contribution in [0.1, 0.15) is 5.56 Å². The van der Waals surface area contributed by atoms with Gasteiger partial charge in [-0.25, -0.2) is 0 Å². The Morgan fingerprint density at radius 2 is 2.43 bits per heavy atom. The number of nitriles is 1. The summed E-state index contributed by atoms with van der Waals surface area (Å²) in [6.07, 6.45) is 0. The largest absolute Gasteiger partial charge is 0.375 e. The van der Waals surface area contributed by atoms with Gasteiger partial charge < -0.3 is 10.1 Å². The predicted molar refractivity (Wildman–Crippen MR) is 51.7 cm³/mol. The van der Waals surface area contributed by atoms with Crippen LogP contribution in [0.25, 0.3) is 0 Å². The van der Waals surface area contributed by atoms with E-state index in [9.17, 15) is 4.79 Å². The second-order valence-electron chi connectivity index (χ2n) is 2.67. The number of nitrogens with zero attached hydrogens (tertiary/aromatic N) is 1. The molecule has 1 rings (SSSR count).